The number of hydrogen-bond acceptors (Lipinski definition) is 2. The van der Waals surface area contributed by atoms with E-state index in [2.05, 4.69) is 43.0 Å². The Kier molecular flexibility index (Phi) is 2.73. The van der Waals surface area contributed by atoms with Crippen molar-refractivity contribution >= 4 is 5.69 Å². The number of nitrogens with zero attached hydrogens (tertiary/aromatic N) is 1. The molecule has 1 aliphatic heterocycles. The lowest BCUT2D eigenvalue weighted by Crippen LogP contribution is -2.27. The molecule has 1 heterocycles. The van der Waals surface area contributed by atoms with Crippen molar-refractivity contribution in [2.75, 3.05) is 24.6 Å². The number of rotatable bonds is 4. The Morgan fingerprint density at radius 2 is 2.00 bits per heavy atom. The fraction of sp³-hybridized carbons (Fsp3) is 0.500. The van der Waals surface area contributed by atoms with E-state index in [0.717, 1.165) is 19.7 Å². The van der Waals surface area contributed by atoms with Crippen LogP contribution in [-0.4, -0.2) is 25.8 Å². The van der Waals surface area contributed by atoms with Gasteiger partial charge in [0.05, 0.1) is 12.7 Å². The van der Waals surface area contributed by atoms with Gasteiger partial charge in [-0.25, -0.2) is 0 Å². The first kappa shape index (κ1) is 9.53. The molecule has 0 radical (unpaired) electrons. The quantitative estimate of drug-likeness (QED) is 0.678. The van der Waals surface area contributed by atoms with Crippen molar-refractivity contribution in [3.63, 3.8) is 0 Å². The Bertz CT molecular complexity index is 290. The van der Waals surface area contributed by atoms with Crippen LogP contribution in [0.25, 0.3) is 0 Å². The molecule has 1 atom stereocenters. The Morgan fingerprint density at radius 1 is 1.36 bits per heavy atom. The van der Waals surface area contributed by atoms with Crippen molar-refractivity contribution < 1.29 is 4.74 Å². The summed E-state index contributed by atoms with van der Waals surface area (Å²) >= 11 is 0. The number of epoxide rings is 1. The number of benzene rings is 1. The fourth-order valence-electron chi connectivity index (χ4n) is 1.59. The molecule has 1 unspecified atom stereocenters. The van der Waals surface area contributed by atoms with Crippen LogP contribution in [0.4, 0.5) is 5.69 Å². The SMILES string of the molecule is CCN(CC1CO1)c1ccc(C)cc1. The van der Waals surface area contributed by atoms with E-state index in [9.17, 15) is 0 Å². The summed E-state index contributed by atoms with van der Waals surface area (Å²) in [6, 6.07) is 8.68. The van der Waals surface area contributed by atoms with Crippen LogP contribution in [0.5, 0.6) is 0 Å². The molecular weight excluding hydrogens is 174 g/mol. The zero-order chi connectivity index (χ0) is 9.97. The Hall–Kier alpha value is -1.02. The van der Waals surface area contributed by atoms with Crippen LogP contribution in [-0.2, 0) is 4.74 Å². The number of aryl methyl sites for hydroxylation is 1. The molecule has 1 aliphatic rings. The number of anilines is 1. The maximum absolute atomic E-state index is 5.24. The first-order chi connectivity index (χ1) is 6.79. The van der Waals surface area contributed by atoms with Gasteiger partial charge in [0, 0.05) is 18.8 Å². The van der Waals surface area contributed by atoms with E-state index in [1.165, 1.54) is 11.3 Å². The standard InChI is InChI=1S/C12H17NO/c1-3-13(8-12-9-14-12)11-6-4-10(2)5-7-11/h4-7,12H,3,8-9H2,1-2H3. The van der Waals surface area contributed by atoms with Gasteiger partial charge in [-0.05, 0) is 26.0 Å². The minimum absolute atomic E-state index is 0.469. The maximum Gasteiger partial charge on any atom is 0.0984 e. The molecule has 0 N–H and O–H groups in total. The molecule has 1 aromatic rings. The summed E-state index contributed by atoms with van der Waals surface area (Å²) in [6.07, 6.45) is 0.469. The second kappa shape index (κ2) is 4.01. The highest BCUT2D eigenvalue weighted by molar-refractivity contribution is 5.47. The van der Waals surface area contributed by atoms with Gasteiger partial charge in [0.1, 0.15) is 0 Å². The molecule has 0 spiro atoms. The van der Waals surface area contributed by atoms with Crippen LogP contribution in [0.15, 0.2) is 24.3 Å². The van der Waals surface area contributed by atoms with Gasteiger partial charge in [-0.1, -0.05) is 17.7 Å². The zero-order valence-electron chi connectivity index (χ0n) is 8.86. The summed E-state index contributed by atoms with van der Waals surface area (Å²) < 4.78 is 5.24. The molecule has 76 valence electrons. The maximum atomic E-state index is 5.24. The van der Waals surface area contributed by atoms with Gasteiger partial charge in [-0.3, -0.25) is 0 Å². The van der Waals surface area contributed by atoms with Crippen molar-refractivity contribution in [2.24, 2.45) is 0 Å². The summed E-state index contributed by atoms with van der Waals surface area (Å²) in [4.78, 5) is 2.36. The first-order valence-corrected chi connectivity index (χ1v) is 5.23. The predicted octanol–water partition coefficient (Wildman–Crippen LogP) is 2.22. The lowest BCUT2D eigenvalue weighted by Gasteiger charge is -2.22. The van der Waals surface area contributed by atoms with Gasteiger partial charge in [0.2, 0.25) is 0 Å². The van der Waals surface area contributed by atoms with E-state index in [1.54, 1.807) is 0 Å². The van der Waals surface area contributed by atoms with E-state index >= 15 is 0 Å². The summed E-state index contributed by atoms with van der Waals surface area (Å²) in [5, 5.41) is 0. The topological polar surface area (TPSA) is 15.8 Å². The molecule has 14 heavy (non-hydrogen) atoms. The Morgan fingerprint density at radius 3 is 2.50 bits per heavy atom. The molecule has 0 amide bonds. The third-order valence-electron chi connectivity index (χ3n) is 2.61. The molecule has 2 heteroatoms. The Balaban J connectivity index is 2.05. The van der Waals surface area contributed by atoms with Crippen LogP contribution in [0.1, 0.15) is 12.5 Å². The first-order valence-electron chi connectivity index (χ1n) is 5.23. The van der Waals surface area contributed by atoms with E-state index in [-0.39, 0.29) is 0 Å². The normalized spacial score (nSPS) is 19.4. The second-order valence-electron chi connectivity index (χ2n) is 3.83. The van der Waals surface area contributed by atoms with Gasteiger partial charge in [-0.15, -0.1) is 0 Å². The van der Waals surface area contributed by atoms with Crippen molar-refractivity contribution in [3.8, 4) is 0 Å². The molecule has 0 aliphatic carbocycles. The van der Waals surface area contributed by atoms with Crippen molar-refractivity contribution in [2.45, 2.75) is 20.0 Å². The lowest BCUT2D eigenvalue weighted by molar-refractivity contribution is 0.408. The highest BCUT2D eigenvalue weighted by atomic mass is 16.6. The van der Waals surface area contributed by atoms with Gasteiger partial charge in [-0.2, -0.15) is 0 Å². The molecule has 0 aromatic heterocycles. The molecule has 1 fully saturated rings. The average molecular weight is 191 g/mol. The van der Waals surface area contributed by atoms with Crippen LogP contribution in [0, 0.1) is 6.92 Å². The fourth-order valence-corrected chi connectivity index (χ4v) is 1.59. The van der Waals surface area contributed by atoms with Crippen LogP contribution >= 0.6 is 0 Å². The molecule has 1 saturated heterocycles. The molecular formula is C12H17NO. The van der Waals surface area contributed by atoms with E-state index in [0.29, 0.717) is 6.10 Å². The molecule has 0 bridgehead atoms. The molecule has 1 aromatic carbocycles. The van der Waals surface area contributed by atoms with Gasteiger partial charge < -0.3 is 9.64 Å². The highest BCUT2D eigenvalue weighted by Crippen LogP contribution is 2.18. The van der Waals surface area contributed by atoms with Gasteiger partial charge in [0.15, 0.2) is 0 Å². The zero-order valence-corrected chi connectivity index (χ0v) is 8.86. The van der Waals surface area contributed by atoms with E-state index in [4.69, 9.17) is 4.74 Å². The Labute approximate surface area is 85.5 Å². The third kappa shape index (κ3) is 2.26. The van der Waals surface area contributed by atoms with Crippen LogP contribution in [0.2, 0.25) is 0 Å². The summed E-state index contributed by atoms with van der Waals surface area (Å²) in [6.45, 7) is 7.30. The van der Waals surface area contributed by atoms with Crippen molar-refractivity contribution in [1.29, 1.82) is 0 Å². The minimum atomic E-state index is 0.469. The summed E-state index contributed by atoms with van der Waals surface area (Å²) in [5.41, 5.74) is 2.61. The van der Waals surface area contributed by atoms with Gasteiger partial charge >= 0.3 is 0 Å². The lowest BCUT2D eigenvalue weighted by atomic mass is 10.2. The molecule has 2 nitrogen and oxygen atoms in total. The molecule has 0 saturated carbocycles. The smallest absolute Gasteiger partial charge is 0.0984 e. The van der Waals surface area contributed by atoms with Crippen molar-refractivity contribution in [1.82, 2.24) is 0 Å². The van der Waals surface area contributed by atoms with Crippen LogP contribution in [0.3, 0.4) is 0 Å². The third-order valence-corrected chi connectivity index (χ3v) is 2.61. The van der Waals surface area contributed by atoms with E-state index in [1.807, 2.05) is 0 Å². The van der Waals surface area contributed by atoms with E-state index < -0.39 is 0 Å². The highest BCUT2D eigenvalue weighted by Gasteiger charge is 2.24. The summed E-state index contributed by atoms with van der Waals surface area (Å²) in [7, 11) is 0. The predicted molar refractivity (Wildman–Crippen MR) is 58.8 cm³/mol. The number of hydrogen-bond donors (Lipinski definition) is 0. The van der Waals surface area contributed by atoms with Crippen LogP contribution < -0.4 is 4.90 Å². The largest absolute Gasteiger partial charge is 0.371 e. The van der Waals surface area contributed by atoms with Gasteiger partial charge in [0.25, 0.3) is 0 Å². The number of likely N-dealkylation sites (N-methyl/N-ethyl adjacent to an activating group) is 1. The van der Waals surface area contributed by atoms with Crippen molar-refractivity contribution in [3.05, 3.63) is 29.8 Å². The molecule has 2 rings (SSSR count). The monoisotopic (exact) mass is 191 g/mol. The second-order valence-corrected chi connectivity index (χ2v) is 3.83. The summed E-state index contributed by atoms with van der Waals surface area (Å²) in [5.74, 6) is 0. The number of ether oxygens (including phenoxy) is 1. The average Bonchev–Trinajstić information content (AvgIpc) is 3.00. The minimum Gasteiger partial charge on any atom is -0.371 e.